The fourth-order valence-corrected chi connectivity index (χ4v) is 5.27. The van der Waals surface area contributed by atoms with Gasteiger partial charge >= 0.3 is 0 Å². The summed E-state index contributed by atoms with van der Waals surface area (Å²) in [4.78, 5) is 0.390. The molecule has 1 saturated heterocycles. The number of hydrogen-bond donors (Lipinski definition) is 0. The third-order valence-electron chi connectivity index (χ3n) is 4.55. The lowest BCUT2D eigenvalue weighted by Gasteiger charge is -2.20. The summed E-state index contributed by atoms with van der Waals surface area (Å²) < 4.78 is 32.4. The van der Waals surface area contributed by atoms with E-state index in [0.717, 1.165) is 12.0 Å². The predicted octanol–water partition coefficient (Wildman–Crippen LogP) is 4.41. The van der Waals surface area contributed by atoms with Crippen molar-refractivity contribution in [2.75, 3.05) is 0 Å². The van der Waals surface area contributed by atoms with E-state index in [1.54, 1.807) is 24.3 Å². The second kappa shape index (κ2) is 7.08. The first-order valence-electron chi connectivity index (χ1n) is 8.48. The van der Waals surface area contributed by atoms with E-state index < -0.39 is 15.1 Å². The molecule has 0 unspecified atom stereocenters. The standard InChI is InChI=1S/C20H24O3S/c1-15(2)13-19-20(24(21,22)17-11-7-4-8-12-17)14-18(23-19)16-9-5-3-6-10-16/h3-12,15,18-20H,13-14H2,1-2H3/t18-,19+,20-/m1/s1. The van der Waals surface area contributed by atoms with Crippen LogP contribution in [0.2, 0.25) is 0 Å². The molecule has 0 amide bonds. The van der Waals surface area contributed by atoms with Crippen molar-refractivity contribution in [1.29, 1.82) is 0 Å². The maximum atomic E-state index is 13.1. The Bertz CT molecular complexity index is 754. The fourth-order valence-electron chi connectivity index (χ4n) is 3.38. The van der Waals surface area contributed by atoms with Crippen molar-refractivity contribution in [3.63, 3.8) is 0 Å². The van der Waals surface area contributed by atoms with Crippen LogP contribution in [0.1, 0.15) is 38.4 Å². The highest BCUT2D eigenvalue weighted by Crippen LogP contribution is 2.40. The van der Waals surface area contributed by atoms with E-state index in [2.05, 4.69) is 13.8 Å². The van der Waals surface area contributed by atoms with E-state index in [0.29, 0.717) is 17.2 Å². The highest BCUT2D eigenvalue weighted by atomic mass is 32.2. The molecular formula is C20H24O3S. The maximum absolute atomic E-state index is 13.1. The third-order valence-corrected chi connectivity index (χ3v) is 6.77. The van der Waals surface area contributed by atoms with Gasteiger partial charge in [0.2, 0.25) is 0 Å². The molecular weight excluding hydrogens is 320 g/mol. The summed E-state index contributed by atoms with van der Waals surface area (Å²) in [6, 6.07) is 18.7. The molecule has 0 N–H and O–H groups in total. The van der Waals surface area contributed by atoms with Crippen LogP contribution in [-0.2, 0) is 14.6 Å². The predicted molar refractivity (Wildman–Crippen MR) is 95.5 cm³/mol. The molecule has 0 saturated carbocycles. The van der Waals surface area contributed by atoms with Crippen molar-refractivity contribution in [3.8, 4) is 0 Å². The normalized spacial score (nSPS) is 24.4. The third kappa shape index (κ3) is 3.55. The number of ether oxygens (including phenoxy) is 1. The second-order valence-electron chi connectivity index (χ2n) is 6.84. The zero-order valence-electron chi connectivity index (χ0n) is 14.1. The van der Waals surface area contributed by atoms with Gasteiger partial charge in [0.05, 0.1) is 22.4 Å². The van der Waals surface area contributed by atoms with Crippen LogP contribution in [0.4, 0.5) is 0 Å². The van der Waals surface area contributed by atoms with Crippen LogP contribution >= 0.6 is 0 Å². The highest BCUT2D eigenvalue weighted by molar-refractivity contribution is 7.92. The number of benzene rings is 2. The molecule has 24 heavy (non-hydrogen) atoms. The van der Waals surface area contributed by atoms with Gasteiger partial charge < -0.3 is 4.74 Å². The van der Waals surface area contributed by atoms with Gasteiger partial charge in [-0.15, -0.1) is 0 Å². The van der Waals surface area contributed by atoms with E-state index in [1.165, 1.54) is 0 Å². The first-order valence-corrected chi connectivity index (χ1v) is 10.0. The average molecular weight is 344 g/mol. The minimum absolute atomic E-state index is 0.154. The quantitative estimate of drug-likeness (QED) is 0.807. The van der Waals surface area contributed by atoms with E-state index in [9.17, 15) is 8.42 Å². The zero-order valence-corrected chi connectivity index (χ0v) is 14.9. The zero-order chi connectivity index (χ0) is 17.2. The molecule has 1 heterocycles. The molecule has 2 aromatic rings. The number of sulfone groups is 1. The van der Waals surface area contributed by atoms with Crippen LogP contribution in [0.5, 0.6) is 0 Å². The van der Waals surface area contributed by atoms with Gasteiger partial charge in [0.25, 0.3) is 0 Å². The molecule has 0 bridgehead atoms. The van der Waals surface area contributed by atoms with Crippen molar-refractivity contribution in [1.82, 2.24) is 0 Å². The molecule has 1 aliphatic heterocycles. The molecule has 1 fully saturated rings. The number of rotatable bonds is 5. The minimum Gasteiger partial charge on any atom is -0.369 e. The Morgan fingerprint density at radius 2 is 1.58 bits per heavy atom. The lowest BCUT2D eigenvalue weighted by molar-refractivity contribution is 0.0339. The average Bonchev–Trinajstić information content (AvgIpc) is 3.00. The maximum Gasteiger partial charge on any atom is 0.183 e. The molecule has 0 aliphatic carbocycles. The summed E-state index contributed by atoms with van der Waals surface area (Å²) >= 11 is 0. The van der Waals surface area contributed by atoms with E-state index in [-0.39, 0.29) is 12.2 Å². The van der Waals surface area contributed by atoms with Crippen molar-refractivity contribution in [3.05, 3.63) is 66.2 Å². The lowest BCUT2D eigenvalue weighted by Crippen LogP contribution is -2.31. The molecule has 3 rings (SSSR count). The summed E-state index contributed by atoms with van der Waals surface area (Å²) in [6.07, 6.45) is 0.845. The summed E-state index contributed by atoms with van der Waals surface area (Å²) in [6.45, 7) is 4.21. The van der Waals surface area contributed by atoms with Crippen LogP contribution in [0, 0.1) is 5.92 Å². The van der Waals surface area contributed by atoms with Crippen molar-refractivity contribution in [2.24, 2.45) is 5.92 Å². The summed E-state index contributed by atoms with van der Waals surface area (Å²) in [5.41, 5.74) is 1.05. The Morgan fingerprint density at radius 1 is 1.00 bits per heavy atom. The van der Waals surface area contributed by atoms with E-state index in [1.807, 2.05) is 36.4 Å². The highest BCUT2D eigenvalue weighted by Gasteiger charge is 2.44. The molecule has 0 spiro atoms. The van der Waals surface area contributed by atoms with Gasteiger partial charge in [-0.3, -0.25) is 0 Å². The molecule has 128 valence electrons. The van der Waals surface area contributed by atoms with Crippen LogP contribution in [0.25, 0.3) is 0 Å². The van der Waals surface area contributed by atoms with Gasteiger partial charge in [-0.2, -0.15) is 0 Å². The Hall–Kier alpha value is -1.65. The van der Waals surface area contributed by atoms with Crippen molar-refractivity contribution < 1.29 is 13.2 Å². The van der Waals surface area contributed by atoms with Gasteiger partial charge in [-0.1, -0.05) is 62.4 Å². The summed E-state index contributed by atoms with van der Waals surface area (Å²) in [7, 11) is -3.40. The molecule has 4 heteroatoms. The molecule has 3 nitrogen and oxygen atoms in total. The smallest absolute Gasteiger partial charge is 0.183 e. The van der Waals surface area contributed by atoms with Gasteiger partial charge in [0.15, 0.2) is 9.84 Å². The molecule has 3 atom stereocenters. The van der Waals surface area contributed by atoms with Crippen molar-refractivity contribution >= 4 is 9.84 Å². The topological polar surface area (TPSA) is 43.4 Å². The summed E-state index contributed by atoms with van der Waals surface area (Å²) in [5.74, 6) is 0.387. The Morgan fingerprint density at radius 3 is 2.17 bits per heavy atom. The van der Waals surface area contributed by atoms with Gasteiger partial charge in [-0.05, 0) is 36.5 Å². The van der Waals surface area contributed by atoms with Crippen molar-refractivity contribution in [2.45, 2.75) is 49.0 Å². The number of hydrogen-bond acceptors (Lipinski definition) is 3. The lowest BCUT2D eigenvalue weighted by atomic mass is 10.0. The Labute approximate surface area is 144 Å². The molecule has 0 radical (unpaired) electrons. The van der Waals surface area contributed by atoms with Crippen LogP contribution in [0.15, 0.2) is 65.6 Å². The first-order chi connectivity index (χ1) is 11.5. The largest absolute Gasteiger partial charge is 0.369 e. The molecule has 1 aliphatic rings. The molecule has 0 aromatic heterocycles. The Kier molecular flexibility index (Phi) is 5.07. The Balaban J connectivity index is 1.92. The van der Waals surface area contributed by atoms with E-state index >= 15 is 0 Å². The van der Waals surface area contributed by atoms with Gasteiger partial charge in [0, 0.05) is 0 Å². The van der Waals surface area contributed by atoms with Crippen LogP contribution in [-0.4, -0.2) is 19.8 Å². The monoisotopic (exact) mass is 344 g/mol. The van der Waals surface area contributed by atoms with Gasteiger partial charge in [-0.25, -0.2) is 8.42 Å². The fraction of sp³-hybridized carbons (Fsp3) is 0.400. The summed E-state index contributed by atoms with van der Waals surface area (Å²) in [5, 5.41) is -0.493. The van der Waals surface area contributed by atoms with Gasteiger partial charge in [0.1, 0.15) is 0 Å². The van der Waals surface area contributed by atoms with Crippen LogP contribution < -0.4 is 0 Å². The molecule has 2 aromatic carbocycles. The van der Waals surface area contributed by atoms with Crippen LogP contribution in [0.3, 0.4) is 0 Å². The second-order valence-corrected chi connectivity index (χ2v) is 9.00. The minimum atomic E-state index is -3.40. The van der Waals surface area contributed by atoms with E-state index in [4.69, 9.17) is 4.74 Å². The SMILES string of the molecule is CC(C)C[C@@H]1O[C@@H](c2ccccc2)C[C@H]1S(=O)(=O)c1ccccc1. The first kappa shape index (κ1) is 17.2.